The number of likely N-dealkylation sites (N-methyl/N-ethyl adjacent to an activating group) is 1. The monoisotopic (exact) mass is 300 g/mol. The van der Waals surface area contributed by atoms with Crippen LogP contribution < -0.4 is 0 Å². The third kappa shape index (κ3) is 3.20. The van der Waals surface area contributed by atoms with E-state index in [0.717, 1.165) is 25.0 Å². The van der Waals surface area contributed by atoms with Crippen molar-refractivity contribution in [1.82, 2.24) is 10.1 Å². The summed E-state index contributed by atoms with van der Waals surface area (Å²) >= 11 is 0. The number of hydrogen-bond donors (Lipinski definition) is 0. The Morgan fingerprint density at radius 1 is 1.36 bits per heavy atom. The molecule has 0 bridgehead atoms. The maximum atomic E-state index is 12.4. The minimum atomic E-state index is -0.165. The highest BCUT2D eigenvalue weighted by Gasteiger charge is 2.23. The van der Waals surface area contributed by atoms with Gasteiger partial charge in [-0.05, 0) is 19.8 Å². The summed E-state index contributed by atoms with van der Waals surface area (Å²) in [5, 5.41) is 4.00. The fourth-order valence-electron chi connectivity index (χ4n) is 2.60. The van der Waals surface area contributed by atoms with Gasteiger partial charge in [-0.3, -0.25) is 4.79 Å². The molecule has 1 saturated heterocycles. The van der Waals surface area contributed by atoms with E-state index in [-0.39, 0.29) is 17.8 Å². The zero-order valence-corrected chi connectivity index (χ0v) is 12.9. The van der Waals surface area contributed by atoms with Gasteiger partial charge >= 0.3 is 0 Å². The van der Waals surface area contributed by atoms with Crippen molar-refractivity contribution in [2.45, 2.75) is 25.9 Å². The van der Waals surface area contributed by atoms with Crippen molar-refractivity contribution in [3.8, 4) is 11.3 Å². The van der Waals surface area contributed by atoms with Crippen LogP contribution in [0.15, 0.2) is 34.9 Å². The van der Waals surface area contributed by atoms with Gasteiger partial charge in [0, 0.05) is 31.8 Å². The van der Waals surface area contributed by atoms with E-state index in [0.29, 0.717) is 12.2 Å². The lowest BCUT2D eigenvalue weighted by Crippen LogP contribution is -2.33. The van der Waals surface area contributed by atoms with Crippen molar-refractivity contribution in [3.05, 3.63) is 41.7 Å². The largest absolute Gasteiger partial charge is 0.376 e. The first-order chi connectivity index (χ1) is 10.6. The van der Waals surface area contributed by atoms with E-state index in [2.05, 4.69) is 5.16 Å². The Bertz CT molecular complexity index is 642. The fraction of sp³-hybridized carbons (Fsp3) is 0.412. The van der Waals surface area contributed by atoms with Crippen LogP contribution in [-0.2, 0) is 4.74 Å². The number of hydrogen-bond acceptors (Lipinski definition) is 4. The third-order valence-electron chi connectivity index (χ3n) is 3.92. The summed E-state index contributed by atoms with van der Waals surface area (Å²) in [4.78, 5) is 14.0. The molecule has 0 spiro atoms. The normalized spacial score (nSPS) is 17.6. The number of benzene rings is 1. The molecule has 3 rings (SSSR count). The highest BCUT2D eigenvalue weighted by Crippen LogP contribution is 2.21. The second-order valence-corrected chi connectivity index (χ2v) is 5.76. The van der Waals surface area contributed by atoms with Crippen molar-refractivity contribution in [3.63, 3.8) is 0 Å². The molecule has 1 aromatic carbocycles. The number of rotatable bonds is 4. The second-order valence-electron chi connectivity index (χ2n) is 5.76. The van der Waals surface area contributed by atoms with Gasteiger partial charge in [0.2, 0.25) is 5.76 Å². The first-order valence-corrected chi connectivity index (χ1v) is 7.54. The maximum Gasteiger partial charge on any atom is 0.292 e. The first kappa shape index (κ1) is 14.8. The zero-order valence-electron chi connectivity index (χ0n) is 12.9. The molecular weight excluding hydrogens is 280 g/mol. The fourth-order valence-corrected chi connectivity index (χ4v) is 2.60. The van der Waals surface area contributed by atoms with Gasteiger partial charge < -0.3 is 14.2 Å². The lowest BCUT2D eigenvalue weighted by Gasteiger charge is -2.19. The van der Waals surface area contributed by atoms with Crippen LogP contribution in [-0.4, -0.2) is 42.3 Å². The minimum absolute atomic E-state index is 0.133. The van der Waals surface area contributed by atoms with Crippen LogP contribution in [0, 0.1) is 6.92 Å². The standard InChI is InChI=1S/C17H20N2O3/c1-12-5-7-13(8-6-12)15-10-16(22-18-15)17(20)19(2)11-14-4-3-9-21-14/h5-8,10,14H,3-4,9,11H2,1-2H3. The molecule has 0 N–H and O–H groups in total. The maximum absolute atomic E-state index is 12.4. The molecule has 22 heavy (non-hydrogen) atoms. The molecule has 1 fully saturated rings. The Morgan fingerprint density at radius 3 is 2.82 bits per heavy atom. The molecule has 1 atom stereocenters. The van der Waals surface area contributed by atoms with E-state index < -0.39 is 0 Å². The van der Waals surface area contributed by atoms with E-state index in [9.17, 15) is 4.79 Å². The SMILES string of the molecule is Cc1ccc(-c2cc(C(=O)N(C)CC3CCCO3)on2)cc1. The van der Waals surface area contributed by atoms with Gasteiger partial charge in [0.25, 0.3) is 5.91 Å². The molecule has 0 saturated carbocycles. The number of nitrogens with zero attached hydrogens (tertiary/aromatic N) is 2. The Kier molecular flexibility index (Phi) is 4.24. The average molecular weight is 300 g/mol. The summed E-state index contributed by atoms with van der Waals surface area (Å²) in [6.07, 6.45) is 2.20. The van der Waals surface area contributed by atoms with E-state index >= 15 is 0 Å². The molecule has 1 unspecified atom stereocenters. The molecule has 2 heterocycles. The number of ether oxygens (including phenoxy) is 1. The summed E-state index contributed by atoms with van der Waals surface area (Å²) in [6.45, 7) is 3.40. The van der Waals surface area contributed by atoms with Gasteiger partial charge in [0.05, 0.1) is 6.10 Å². The van der Waals surface area contributed by atoms with Crippen molar-refractivity contribution in [2.75, 3.05) is 20.2 Å². The minimum Gasteiger partial charge on any atom is -0.376 e. The highest BCUT2D eigenvalue weighted by atomic mass is 16.5. The van der Waals surface area contributed by atoms with E-state index in [4.69, 9.17) is 9.26 Å². The average Bonchev–Trinajstić information content (AvgIpc) is 3.18. The topological polar surface area (TPSA) is 55.6 Å². The van der Waals surface area contributed by atoms with Gasteiger partial charge in [-0.25, -0.2) is 0 Å². The number of amides is 1. The predicted octanol–water partition coefficient (Wildman–Crippen LogP) is 2.90. The Hall–Kier alpha value is -2.14. The van der Waals surface area contributed by atoms with E-state index in [1.165, 1.54) is 5.56 Å². The molecule has 1 amide bonds. The van der Waals surface area contributed by atoms with Crippen LogP contribution in [0.5, 0.6) is 0 Å². The molecule has 1 aromatic heterocycles. The quantitative estimate of drug-likeness (QED) is 0.871. The summed E-state index contributed by atoms with van der Waals surface area (Å²) in [7, 11) is 1.76. The van der Waals surface area contributed by atoms with Crippen LogP contribution in [0.4, 0.5) is 0 Å². The number of aromatic nitrogens is 1. The molecule has 116 valence electrons. The van der Waals surface area contributed by atoms with Crippen LogP contribution in [0.25, 0.3) is 11.3 Å². The van der Waals surface area contributed by atoms with Gasteiger partial charge in [-0.2, -0.15) is 0 Å². The highest BCUT2D eigenvalue weighted by molar-refractivity contribution is 5.92. The Labute approximate surface area is 129 Å². The van der Waals surface area contributed by atoms with Gasteiger partial charge in [-0.15, -0.1) is 0 Å². The molecule has 2 aromatic rings. The molecule has 5 heteroatoms. The molecule has 1 aliphatic rings. The molecule has 0 aliphatic carbocycles. The molecule has 0 radical (unpaired) electrons. The Balaban J connectivity index is 1.69. The number of carbonyl (C=O) groups is 1. The molecular formula is C17H20N2O3. The van der Waals surface area contributed by atoms with Crippen molar-refractivity contribution >= 4 is 5.91 Å². The lowest BCUT2D eigenvalue weighted by molar-refractivity contribution is 0.0557. The van der Waals surface area contributed by atoms with Gasteiger partial charge in [0.15, 0.2) is 0 Å². The molecule has 1 aliphatic heterocycles. The smallest absolute Gasteiger partial charge is 0.292 e. The van der Waals surface area contributed by atoms with E-state index in [1.54, 1.807) is 18.0 Å². The Morgan fingerprint density at radius 2 is 2.14 bits per heavy atom. The van der Waals surface area contributed by atoms with Crippen LogP contribution >= 0.6 is 0 Å². The molecule has 5 nitrogen and oxygen atoms in total. The third-order valence-corrected chi connectivity index (χ3v) is 3.92. The number of aryl methyl sites for hydroxylation is 1. The zero-order chi connectivity index (χ0) is 15.5. The van der Waals surface area contributed by atoms with Gasteiger partial charge in [-0.1, -0.05) is 35.0 Å². The second kappa shape index (κ2) is 6.32. The number of carbonyl (C=O) groups excluding carboxylic acids is 1. The van der Waals surface area contributed by atoms with E-state index in [1.807, 2.05) is 31.2 Å². The van der Waals surface area contributed by atoms with Gasteiger partial charge in [0.1, 0.15) is 5.69 Å². The van der Waals surface area contributed by atoms with Crippen molar-refractivity contribution in [1.29, 1.82) is 0 Å². The van der Waals surface area contributed by atoms with Crippen LogP contribution in [0.3, 0.4) is 0 Å². The van der Waals surface area contributed by atoms with Crippen LogP contribution in [0.2, 0.25) is 0 Å². The summed E-state index contributed by atoms with van der Waals surface area (Å²) in [5.74, 6) is 0.0948. The summed E-state index contributed by atoms with van der Waals surface area (Å²) < 4.78 is 10.8. The van der Waals surface area contributed by atoms with Crippen molar-refractivity contribution in [2.24, 2.45) is 0 Å². The van der Waals surface area contributed by atoms with Crippen molar-refractivity contribution < 1.29 is 14.1 Å². The predicted molar refractivity (Wildman–Crippen MR) is 82.6 cm³/mol. The lowest BCUT2D eigenvalue weighted by atomic mass is 10.1. The summed E-state index contributed by atoms with van der Waals surface area (Å²) in [5.41, 5.74) is 2.80. The first-order valence-electron chi connectivity index (χ1n) is 7.54. The summed E-state index contributed by atoms with van der Waals surface area (Å²) in [6, 6.07) is 9.65. The van der Waals surface area contributed by atoms with Crippen LogP contribution in [0.1, 0.15) is 29.0 Å².